The predicted molar refractivity (Wildman–Crippen MR) is 73.2 cm³/mol. The Morgan fingerprint density at radius 3 is 2.67 bits per heavy atom. The van der Waals surface area contributed by atoms with Crippen LogP contribution >= 0.6 is 0 Å². The van der Waals surface area contributed by atoms with E-state index in [0.717, 1.165) is 30.4 Å². The molecule has 1 aromatic rings. The summed E-state index contributed by atoms with van der Waals surface area (Å²) in [4.78, 5) is 0. The second kappa shape index (κ2) is 6.10. The Labute approximate surface area is 109 Å². The van der Waals surface area contributed by atoms with Gasteiger partial charge in [0.2, 0.25) is 0 Å². The van der Waals surface area contributed by atoms with E-state index in [-0.39, 0.29) is 6.04 Å². The average molecular weight is 249 g/mol. The van der Waals surface area contributed by atoms with Crippen LogP contribution < -0.4 is 15.2 Å². The van der Waals surface area contributed by atoms with Crippen LogP contribution in [0.1, 0.15) is 31.7 Å². The summed E-state index contributed by atoms with van der Waals surface area (Å²) in [5.41, 5.74) is 7.03. The molecular formula is C15H23NO2. The third kappa shape index (κ3) is 3.39. The zero-order valence-electron chi connectivity index (χ0n) is 11.3. The summed E-state index contributed by atoms with van der Waals surface area (Å²) in [5.74, 6) is 2.39. The molecule has 1 aliphatic rings. The number of nitrogens with two attached hydrogens (primary N) is 1. The van der Waals surface area contributed by atoms with Crippen molar-refractivity contribution in [1.29, 1.82) is 0 Å². The highest BCUT2D eigenvalue weighted by molar-refractivity contribution is 5.43. The molecule has 0 bridgehead atoms. The third-order valence-corrected chi connectivity index (χ3v) is 3.48. The third-order valence-electron chi connectivity index (χ3n) is 3.48. The van der Waals surface area contributed by atoms with Crippen molar-refractivity contribution in [3.05, 3.63) is 23.8 Å². The van der Waals surface area contributed by atoms with E-state index in [0.29, 0.717) is 0 Å². The first-order valence-corrected chi connectivity index (χ1v) is 6.74. The second-order valence-electron chi connectivity index (χ2n) is 5.27. The maximum atomic E-state index is 5.89. The van der Waals surface area contributed by atoms with Crippen molar-refractivity contribution in [1.82, 2.24) is 0 Å². The predicted octanol–water partition coefficient (Wildman–Crippen LogP) is 2.76. The fourth-order valence-corrected chi connectivity index (χ4v) is 2.20. The Hall–Kier alpha value is -1.22. The van der Waals surface area contributed by atoms with Crippen LogP contribution in [-0.4, -0.2) is 19.8 Å². The van der Waals surface area contributed by atoms with Gasteiger partial charge in [0, 0.05) is 6.04 Å². The van der Waals surface area contributed by atoms with Crippen molar-refractivity contribution in [2.45, 2.75) is 38.6 Å². The van der Waals surface area contributed by atoms with Crippen LogP contribution in [0, 0.1) is 5.92 Å². The molecule has 1 saturated carbocycles. The van der Waals surface area contributed by atoms with E-state index in [1.54, 1.807) is 7.11 Å². The highest BCUT2D eigenvalue weighted by Gasteiger charge is 2.18. The van der Waals surface area contributed by atoms with Crippen LogP contribution in [0.25, 0.3) is 0 Å². The molecule has 100 valence electrons. The minimum absolute atomic E-state index is 0.165. The van der Waals surface area contributed by atoms with Gasteiger partial charge in [-0.1, -0.05) is 12.5 Å². The maximum Gasteiger partial charge on any atom is 0.161 e. The molecule has 0 spiro atoms. The molecule has 3 heteroatoms. The minimum Gasteiger partial charge on any atom is -0.493 e. The van der Waals surface area contributed by atoms with Gasteiger partial charge >= 0.3 is 0 Å². The Bertz CT molecular complexity index is 386. The molecule has 0 heterocycles. The number of hydrogen-bond acceptors (Lipinski definition) is 3. The zero-order chi connectivity index (χ0) is 13.0. The van der Waals surface area contributed by atoms with E-state index in [2.05, 4.69) is 12.1 Å². The van der Waals surface area contributed by atoms with E-state index in [4.69, 9.17) is 15.2 Å². The van der Waals surface area contributed by atoms with E-state index >= 15 is 0 Å². The van der Waals surface area contributed by atoms with Crippen LogP contribution in [0.4, 0.5) is 0 Å². The molecule has 3 nitrogen and oxygen atoms in total. The van der Waals surface area contributed by atoms with Gasteiger partial charge in [0.05, 0.1) is 13.7 Å². The highest BCUT2D eigenvalue weighted by atomic mass is 16.5. The summed E-state index contributed by atoms with van der Waals surface area (Å²) >= 11 is 0. The maximum absolute atomic E-state index is 5.89. The fraction of sp³-hybridized carbons (Fsp3) is 0.600. The SMILES string of the molecule is COc1ccc(CC(C)N)cc1OCC1CCC1. The van der Waals surface area contributed by atoms with Crippen molar-refractivity contribution in [2.75, 3.05) is 13.7 Å². The molecule has 2 N–H and O–H groups in total. The molecule has 1 aromatic carbocycles. The molecule has 1 fully saturated rings. The van der Waals surface area contributed by atoms with Gasteiger partial charge in [-0.25, -0.2) is 0 Å². The van der Waals surface area contributed by atoms with E-state index in [1.807, 2.05) is 13.0 Å². The molecule has 1 aliphatic carbocycles. The quantitative estimate of drug-likeness (QED) is 0.843. The lowest BCUT2D eigenvalue weighted by Crippen LogP contribution is -2.20. The summed E-state index contributed by atoms with van der Waals surface area (Å²) in [6, 6.07) is 6.24. The first-order chi connectivity index (χ1) is 8.69. The summed E-state index contributed by atoms with van der Waals surface area (Å²) in [6.07, 6.45) is 4.79. The summed E-state index contributed by atoms with van der Waals surface area (Å²) in [6.45, 7) is 2.82. The van der Waals surface area contributed by atoms with E-state index < -0.39 is 0 Å². The van der Waals surface area contributed by atoms with Crippen molar-refractivity contribution in [3.63, 3.8) is 0 Å². The second-order valence-corrected chi connectivity index (χ2v) is 5.27. The Balaban J connectivity index is 2.03. The standard InChI is InChI=1S/C15H23NO2/c1-11(16)8-13-6-7-14(17-2)15(9-13)18-10-12-4-3-5-12/h6-7,9,11-12H,3-5,8,10,16H2,1-2H3. The summed E-state index contributed by atoms with van der Waals surface area (Å²) < 4.78 is 11.2. The van der Waals surface area contributed by atoms with Crippen molar-refractivity contribution in [3.8, 4) is 11.5 Å². The number of methoxy groups -OCH3 is 1. The van der Waals surface area contributed by atoms with Gasteiger partial charge in [-0.15, -0.1) is 0 Å². The van der Waals surface area contributed by atoms with Gasteiger partial charge in [0.25, 0.3) is 0 Å². The van der Waals surface area contributed by atoms with Crippen molar-refractivity contribution < 1.29 is 9.47 Å². The summed E-state index contributed by atoms with van der Waals surface area (Å²) in [7, 11) is 1.68. The van der Waals surface area contributed by atoms with Crippen molar-refractivity contribution in [2.24, 2.45) is 11.7 Å². The first-order valence-electron chi connectivity index (χ1n) is 6.74. The highest BCUT2D eigenvalue weighted by Crippen LogP contribution is 2.32. The van der Waals surface area contributed by atoms with Crippen LogP contribution in [-0.2, 0) is 6.42 Å². The molecule has 0 aliphatic heterocycles. The zero-order valence-corrected chi connectivity index (χ0v) is 11.3. The van der Waals surface area contributed by atoms with Gasteiger partial charge in [-0.05, 0) is 49.8 Å². The normalized spacial score (nSPS) is 17.1. The van der Waals surface area contributed by atoms with Crippen LogP contribution in [0.2, 0.25) is 0 Å². The van der Waals surface area contributed by atoms with E-state index in [9.17, 15) is 0 Å². The number of hydrogen-bond donors (Lipinski definition) is 1. The van der Waals surface area contributed by atoms with Crippen molar-refractivity contribution >= 4 is 0 Å². The van der Waals surface area contributed by atoms with Crippen LogP contribution in [0.15, 0.2) is 18.2 Å². The number of benzene rings is 1. The first kappa shape index (κ1) is 13.2. The van der Waals surface area contributed by atoms with Crippen LogP contribution in [0.5, 0.6) is 11.5 Å². The fourth-order valence-electron chi connectivity index (χ4n) is 2.20. The van der Waals surface area contributed by atoms with Gasteiger partial charge in [0.15, 0.2) is 11.5 Å². The monoisotopic (exact) mass is 249 g/mol. The molecule has 1 atom stereocenters. The topological polar surface area (TPSA) is 44.5 Å². The molecule has 2 rings (SSSR count). The Kier molecular flexibility index (Phi) is 4.48. The average Bonchev–Trinajstić information content (AvgIpc) is 2.26. The largest absolute Gasteiger partial charge is 0.493 e. The van der Waals surface area contributed by atoms with Gasteiger partial charge in [0.1, 0.15) is 0 Å². The molecule has 0 radical (unpaired) electrons. The number of ether oxygens (including phenoxy) is 2. The van der Waals surface area contributed by atoms with Gasteiger partial charge in [-0.3, -0.25) is 0 Å². The van der Waals surface area contributed by atoms with E-state index in [1.165, 1.54) is 24.8 Å². The molecule has 1 unspecified atom stereocenters. The molecule has 0 aromatic heterocycles. The lowest BCUT2D eigenvalue weighted by atomic mass is 9.86. The molecule has 0 saturated heterocycles. The van der Waals surface area contributed by atoms with Crippen LogP contribution in [0.3, 0.4) is 0 Å². The van der Waals surface area contributed by atoms with Gasteiger partial charge < -0.3 is 15.2 Å². The summed E-state index contributed by atoms with van der Waals surface area (Å²) in [5, 5.41) is 0. The smallest absolute Gasteiger partial charge is 0.161 e. The molecule has 0 amide bonds. The number of rotatable bonds is 6. The lowest BCUT2D eigenvalue weighted by Gasteiger charge is -2.25. The molecule has 18 heavy (non-hydrogen) atoms. The molecular weight excluding hydrogens is 226 g/mol. The Morgan fingerprint density at radius 1 is 1.33 bits per heavy atom. The van der Waals surface area contributed by atoms with Gasteiger partial charge in [-0.2, -0.15) is 0 Å². The lowest BCUT2D eigenvalue weighted by molar-refractivity contribution is 0.176. The Morgan fingerprint density at radius 2 is 2.11 bits per heavy atom. The minimum atomic E-state index is 0.165.